The summed E-state index contributed by atoms with van der Waals surface area (Å²) < 4.78 is 0. The highest BCUT2D eigenvalue weighted by atomic mass is 35.5. The second-order valence-corrected chi connectivity index (χ2v) is 6.01. The number of aliphatic hydroxyl groups is 2. The molecule has 0 saturated carbocycles. The first kappa shape index (κ1) is 17.2. The second-order valence-electron chi connectivity index (χ2n) is 5.60. The van der Waals surface area contributed by atoms with E-state index >= 15 is 0 Å². The number of hydrogen-bond acceptors (Lipinski definition) is 4. The quantitative estimate of drug-likeness (QED) is 0.501. The smallest absolute Gasteiger partial charge is 0.295 e. The number of likely N-dealkylation sites (tertiary alicyclic amines) is 1. The van der Waals surface area contributed by atoms with E-state index in [0.717, 1.165) is 0 Å². The van der Waals surface area contributed by atoms with Crippen LogP contribution in [0.3, 0.4) is 0 Å². The topological polar surface area (TPSA) is 77.8 Å². The van der Waals surface area contributed by atoms with Crippen molar-refractivity contribution in [2.75, 3.05) is 13.2 Å². The number of ketones is 1. The first-order chi connectivity index (χ1) is 12.1. The Kier molecular flexibility index (Phi) is 4.88. The fourth-order valence-electron chi connectivity index (χ4n) is 2.99. The van der Waals surface area contributed by atoms with Crippen LogP contribution < -0.4 is 0 Å². The van der Waals surface area contributed by atoms with E-state index in [2.05, 4.69) is 0 Å². The number of nitrogens with zero attached hydrogens (tertiary/aromatic N) is 1. The molecule has 3 rings (SSSR count). The molecule has 6 heteroatoms. The van der Waals surface area contributed by atoms with Gasteiger partial charge in [0.25, 0.3) is 11.7 Å². The maximum Gasteiger partial charge on any atom is 0.295 e. The molecule has 0 radical (unpaired) electrons. The van der Waals surface area contributed by atoms with Gasteiger partial charge in [-0.05, 0) is 11.6 Å². The van der Waals surface area contributed by atoms with Gasteiger partial charge < -0.3 is 15.1 Å². The molecule has 1 atom stereocenters. The number of hydrogen-bond donors (Lipinski definition) is 2. The zero-order valence-corrected chi connectivity index (χ0v) is 14.0. The van der Waals surface area contributed by atoms with Crippen LogP contribution in [0.25, 0.3) is 5.76 Å². The summed E-state index contributed by atoms with van der Waals surface area (Å²) in [6.07, 6.45) is 0. The summed E-state index contributed by atoms with van der Waals surface area (Å²) in [4.78, 5) is 26.2. The average Bonchev–Trinajstić information content (AvgIpc) is 2.87. The number of carbonyl (C=O) groups excluding carboxylic acids is 2. The van der Waals surface area contributed by atoms with Gasteiger partial charge in [-0.3, -0.25) is 9.59 Å². The van der Waals surface area contributed by atoms with Crippen molar-refractivity contribution < 1.29 is 19.8 Å². The molecule has 1 saturated heterocycles. The molecule has 2 N–H and O–H groups in total. The maximum atomic E-state index is 12.6. The molecule has 1 aliphatic rings. The SMILES string of the molecule is O=C1C(=O)N(CCO)C(c2ccccc2Cl)/C1=C(/O)c1ccccc1. The molecule has 0 aromatic heterocycles. The van der Waals surface area contributed by atoms with Crippen molar-refractivity contribution in [1.82, 2.24) is 4.90 Å². The number of β-amino-alcohol motifs (C(OH)–C–C–N with tert-alkyl or cyclic N) is 1. The minimum atomic E-state index is -0.846. The Morgan fingerprint density at radius 1 is 1.04 bits per heavy atom. The van der Waals surface area contributed by atoms with Gasteiger partial charge >= 0.3 is 0 Å². The number of aliphatic hydroxyl groups excluding tert-OH is 2. The van der Waals surface area contributed by atoms with Gasteiger partial charge in [-0.1, -0.05) is 60.1 Å². The lowest BCUT2D eigenvalue weighted by molar-refractivity contribution is -0.140. The third-order valence-corrected chi connectivity index (χ3v) is 4.47. The third kappa shape index (κ3) is 3.04. The van der Waals surface area contributed by atoms with Crippen molar-refractivity contribution in [3.8, 4) is 0 Å². The summed E-state index contributed by atoms with van der Waals surface area (Å²) in [5.41, 5.74) is 0.925. The van der Waals surface area contributed by atoms with Crippen LogP contribution in [-0.4, -0.2) is 40.0 Å². The normalized spacial score (nSPS) is 19.4. The lowest BCUT2D eigenvalue weighted by Crippen LogP contribution is -2.32. The molecular weight excluding hydrogens is 342 g/mol. The summed E-state index contributed by atoms with van der Waals surface area (Å²) in [5, 5.41) is 20.4. The summed E-state index contributed by atoms with van der Waals surface area (Å²) >= 11 is 6.27. The van der Waals surface area contributed by atoms with Crippen molar-refractivity contribution in [2.24, 2.45) is 0 Å². The number of amides is 1. The fraction of sp³-hybridized carbons (Fsp3) is 0.158. The molecule has 25 heavy (non-hydrogen) atoms. The van der Waals surface area contributed by atoms with Crippen LogP contribution in [0.2, 0.25) is 5.02 Å². The molecule has 0 bridgehead atoms. The van der Waals surface area contributed by atoms with Crippen molar-refractivity contribution in [3.63, 3.8) is 0 Å². The van der Waals surface area contributed by atoms with Crippen LogP contribution >= 0.6 is 11.6 Å². The van der Waals surface area contributed by atoms with Crippen LogP contribution in [0.5, 0.6) is 0 Å². The Hall–Kier alpha value is -2.63. The van der Waals surface area contributed by atoms with E-state index < -0.39 is 17.7 Å². The number of rotatable bonds is 4. The molecule has 0 spiro atoms. The van der Waals surface area contributed by atoms with Crippen LogP contribution in [0, 0.1) is 0 Å². The Bertz CT molecular complexity index is 848. The second kappa shape index (κ2) is 7.09. The molecule has 1 aliphatic heterocycles. The predicted octanol–water partition coefficient (Wildman–Crippen LogP) is 2.75. The monoisotopic (exact) mass is 357 g/mol. The largest absolute Gasteiger partial charge is 0.507 e. The fourth-order valence-corrected chi connectivity index (χ4v) is 3.23. The van der Waals surface area contributed by atoms with Gasteiger partial charge in [-0.15, -0.1) is 0 Å². The highest BCUT2D eigenvalue weighted by molar-refractivity contribution is 6.47. The molecule has 1 heterocycles. The molecule has 1 unspecified atom stereocenters. The highest BCUT2D eigenvalue weighted by Crippen LogP contribution is 2.41. The molecule has 1 fully saturated rings. The van der Waals surface area contributed by atoms with Crippen molar-refractivity contribution in [1.29, 1.82) is 0 Å². The molecule has 5 nitrogen and oxygen atoms in total. The lowest BCUT2D eigenvalue weighted by atomic mass is 9.95. The molecule has 2 aromatic rings. The number of Topliss-reactive ketones (excluding diaryl/α,β-unsaturated/α-hetero) is 1. The van der Waals surface area contributed by atoms with Gasteiger partial charge in [-0.2, -0.15) is 0 Å². The predicted molar refractivity (Wildman–Crippen MR) is 94.0 cm³/mol. The first-order valence-corrected chi connectivity index (χ1v) is 8.13. The molecular formula is C19H16ClNO4. The van der Waals surface area contributed by atoms with E-state index in [1.807, 2.05) is 0 Å². The van der Waals surface area contributed by atoms with Crippen LogP contribution in [-0.2, 0) is 9.59 Å². The van der Waals surface area contributed by atoms with E-state index in [0.29, 0.717) is 16.1 Å². The minimum absolute atomic E-state index is 0.0299. The van der Waals surface area contributed by atoms with Crippen LogP contribution in [0.4, 0.5) is 0 Å². The van der Waals surface area contributed by atoms with Gasteiger partial charge in [0.15, 0.2) is 0 Å². The van der Waals surface area contributed by atoms with E-state index in [1.165, 1.54) is 4.90 Å². The van der Waals surface area contributed by atoms with Crippen LogP contribution in [0.15, 0.2) is 60.2 Å². The number of halogens is 1. The van der Waals surface area contributed by atoms with Gasteiger partial charge in [0.2, 0.25) is 0 Å². The zero-order chi connectivity index (χ0) is 18.0. The lowest BCUT2D eigenvalue weighted by Gasteiger charge is -2.25. The van der Waals surface area contributed by atoms with Gasteiger partial charge in [0.05, 0.1) is 18.2 Å². The summed E-state index contributed by atoms with van der Waals surface area (Å²) in [6.45, 7) is -0.342. The maximum absolute atomic E-state index is 12.6. The Morgan fingerprint density at radius 2 is 1.68 bits per heavy atom. The summed E-state index contributed by atoms with van der Waals surface area (Å²) in [6, 6.07) is 14.5. The van der Waals surface area contributed by atoms with Crippen LogP contribution in [0.1, 0.15) is 17.2 Å². The number of carbonyl (C=O) groups is 2. The van der Waals surface area contributed by atoms with Gasteiger partial charge in [-0.25, -0.2) is 0 Å². The van der Waals surface area contributed by atoms with E-state index in [9.17, 15) is 19.8 Å². The molecule has 0 aliphatic carbocycles. The van der Waals surface area contributed by atoms with Crippen molar-refractivity contribution in [3.05, 3.63) is 76.3 Å². The summed E-state index contributed by atoms with van der Waals surface area (Å²) in [5.74, 6) is -1.82. The first-order valence-electron chi connectivity index (χ1n) is 7.75. The Labute approximate surface area is 149 Å². The standard InChI is InChI=1S/C19H16ClNO4/c20-14-9-5-4-8-13(14)16-15(17(23)12-6-2-1-3-7-12)18(24)19(25)21(16)10-11-22/h1-9,16,22-23H,10-11H2/b17-15-. The highest BCUT2D eigenvalue weighted by Gasteiger charge is 2.46. The zero-order valence-electron chi connectivity index (χ0n) is 13.2. The molecule has 2 aromatic carbocycles. The molecule has 1 amide bonds. The summed E-state index contributed by atoms with van der Waals surface area (Å²) in [7, 11) is 0. The van der Waals surface area contributed by atoms with E-state index in [1.54, 1.807) is 54.6 Å². The van der Waals surface area contributed by atoms with E-state index in [-0.39, 0.29) is 24.5 Å². The third-order valence-electron chi connectivity index (χ3n) is 4.13. The average molecular weight is 358 g/mol. The van der Waals surface area contributed by atoms with Gasteiger partial charge in [0, 0.05) is 17.1 Å². The van der Waals surface area contributed by atoms with Gasteiger partial charge in [0.1, 0.15) is 5.76 Å². The van der Waals surface area contributed by atoms with Crippen molar-refractivity contribution in [2.45, 2.75) is 6.04 Å². The Balaban J connectivity index is 2.22. The number of benzene rings is 2. The van der Waals surface area contributed by atoms with Crippen molar-refractivity contribution >= 4 is 29.1 Å². The minimum Gasteiger partial charge on any atom is -0.507 e. The van der Waals surface area contributed by atoms with E-state index in [4.69, 9.17) is 11.6 Å². The Morgan fingerprint density at radius 3 is 2.32 bits per heavy atom. The molecule has 128 valence electrons.